The Morgan fingerprint density at radius 1 is 1.53 bits per heavy atom. The Bertz CT molecular complexity index is 351. The second-order valence-corrected chi connectivity index (χ2v) is 4.09. The molecule has 0 bridgehead atoms. The monoisotopic (exact) mass is 212 g/mol. The third-order valence-electron chi connectivity index (χ3n) is 2.49. The van der Waals surface area contributed by atoms with Crippen LogP contribution < -0.4 is 0 Å². The smallest absolute Gasteiger partial charge is 0.333 e. The Hall–Kier alpha value is -1.29. The summed E-state index contributed by atoms with van der Waals surface area (Å²) in [7, 11) is 1.39. The molecule has 0 saturated heterocycles. The van der Waals surface area contributed by atoms with Gasteiger partial charge in [-0.05, 0) is 32.9 Å². The van der Waals surface area contributed by atoms with Crippen LogP contribution in [-0.4, -0.2) is 24.3 Å². The molecular weight excluding hydrogens is 196 g/mol. The van der Waals surface area contributed by atoms with E-state index in [9.17, 15) is 4.79 Å². The number of hydrogen-bond acceptors (Lipinski definition) is 3. The van der Waals surface area contributed by atoms with Gasteiger partial charge in [-0.15, -0.1) is 0 Å². The molecule has 0 amide bonds. The van der Waals surface area contributed by atoms with Crippen molar-refractivity contribution in [3.8, 4) is 0 Å². The van der Waals surface area contributed by atoms with Gasteiger partial charge in [0.05, 0.1) is 5.41 Å². The van der Waals surface area contributed by atoms with Crippen molar-refractivity contribution in [2.45, 2.75) is 32.3 Å². The third kappa shape index (κ3) is 2.21. The minimum absolute atomic E-state index is 0.620. The first-order valence-electron chi connectivity index (χ1n) is 4.72. The maximum Gasteiger partial charge on any atom is 0.333 e. The van der Waals surface area contributed by atoms with E-state index in [0.717, 1.165) is 5.76 Å². The van der Waals surface area contributed by atoms with E-state index >= 15 is 0 Å². The molecule has 4 heteroatoms. The summed E-state index contributed by atoms with van der Waals surface area (Å²) in [5, 5.41) is 9.01. The Morgan fingerprint density at radius 3 is 2.47 bits per heavy atom. The highest BCUT2D eigenvalue weighted by Crippen LogP contribution is 2.30. The van der Waals surface area contributed by atoms with Gasteiger partial charge in [-0.1, -0.05) is 0 Å². The van der Waals surface area contributed by atoms with Gasteiger partial charge in [0.1, 0.15) is 11.5 Å². The molecular formula is C11H16O4. The zero-order valence-electron chi connectivity index (χ0n) is 9.40. The largest absolute Gasteiger partial charge is 0.479 e. The predicted octanol–water partition coefficient (Wildman–Crippen LogP) is 1.97. The fourth-order valence-corrected chi connectivity index (χ4v) is 1.61. The van der Waals surface area contributed by atoms with E-state index in [-0.39, 0.29) is 0 Å². The van der Waals surface area contributed by atoms with Crippen molar-refractivity contribution in [3.05, 3.63) is 23.7 Å². The van der Waals surface area contributed by atoms with E-state index in [1.54, 1.807) is 19.9 Å². The van der Waals surface area contributed by atoms with Crippen LogP contribution in [0.3, 0.4) is 0 Å². The van der Waals surface area contributed by atoms with E-state index in [1.807, 2.05) is 13.0 Å². The molecule has 4 nitrogen and oxygen atoms in total. The number of aliphatic carboxylic acids is 1. The molecule has 0 saturated carbocycles. The van der Waals surface area contributed by atoms with Crippen LogP contribution in [0, 0.1) is 6.92 Å². The molecule has 1 unspecified atom stereocenters. The predicted molar refractivity (Wildman–Crippen MR) is 54.9 cm³/mol. The number of rotatable bonds is 4. The van der Waals surface area contributed by atoms with Crippen molar-refractivity contribution in [3.63, 3.8) is 0 Å². The normalized spacial score (nSPS) is 13.9. The van der Waals surface area contributed by atoms with Crippen molar-refractivity contribution >= 4 is 5.97 Å². The van der Waals surface area contributed by atoms with Gasteiger partial charge in [0.15, 0.2) is 6.10 Å². The van der Waals surface area contributed by atoms with Crippen LogP contribution in [0.4, 0.5) is 0 Å². The number of carboxylic acid groups (broad SMARTS) is 1. The molecule has 1 aromatic heterocycles. The van der Waals surface area contributed by atoms with Crippen LogP contribution in [0.15, 0.2) is 16.5 Å². The Labute approximate surface area is 88.8 Å². The Balaban J connectivity index is 3.04. The topological polar surface area (TPSA) is 59.7 Å². The number of carbonyl (C=O) groups is 1. The van der Waals surface area contributed by atoms with Crippen molar-refractivity contribution in [2.24, 2.45) is 0 Å². The van der Waals surface area contributed by atoms with Gasteiger partial charge in [-0.2, -0.15) is 0 Å². The van der Waals surface area contributed by atoms with Crippen LogP contribution in [0.5, 0.6) is 0 Å². The molecule has 0 spiro atoms. The fraction of sp³-hybridized carbons (Fsp3) is 0.545. The van der Waals surface area contributed by atoms with Gasteiger partial charge >= 0.3 is 5.97 Å². The quantitative estimate of drug-likeness (QED) is 0.828. The van der Waals surface area contributed by atoms with Gasteiger partial charge in [-0.25, -0.2) is 4.79 Å². The number of hydrogen-bond donors (Lipinski definition) is 1. The maximum absolute atomic E-state index is 11.0. The summed E-state index contributed by atoms with van der Waals surface area (Å²) in [5.41, 5.74) is -0.686. The second-order valence-electron chi connectivity index (χ2n) is 4.09. The molecule has 0 aliphatic heterocycles. The summed E-state index contributed by atoms with van der Waals surface area (Å²) in [6.45, 7) is 5.39. The van der Waals surface area contributed by atoms with Crippen LogP contribution in [0.2, 0.25) is 0 Å². The zero-order valence-corrected chi connectivity index (χ0v) is 9.40. The van der Waals surface area contributed by atoms with E-state index in [0.29, 0.717) is 5.76 Å². The van der Waals surface area contributed by atoms with Crippen LogP contribution in [0.25, 0.3) is 0 Å². The number of ether oxygens (including phenoxy) is 1. The van der Waals surface area contributed by atoms with Crippen molar-refractivity contribution in [1.82, 2.24) is 0 Å². The lowest BCUT2D eigenvalue weighted by molar-refractivity contribution is -0.153. The second kappa shape index (κ2) is 4.06. The molecule has 1 atom stereocenters. The lowest BCUT2D eigenvalue weighted by Gasteiger charge is -2.28. The Kier molecular flexibility index (Phi) is 3.19. The minimum atomic E-state index is -0.989. The van der Waals surface area contributed by atoms with Crippen molar-refractivity contribution in [2.75, 3.05) is 7.11 Å². The lowest BCUT2D eigenvalue weighted by atomic mass is 9.84. The molecule has 0 aliphatic carbocycles. The zero-order chi connectivity index (χ0) is 11.6. The highest BCUT2D eigenvalue weighted by molar-refractivity contribution is 5.74. The minimum Gasteiger partial charge on any atom is -0.479 e. The van der Waals surface area contributed by atoms with Gasteiger partial charge < -0.3 is 14.3 Å². The number of aryl methyl sites for hydroxylation is 1. The molecule has 0 aliphatic rings. The first-order valence-corrected chi connectivity index (χ1v) is 4.72. The standard InChI is InChI=1S/C11H16O4/c1-7-5-6-8(15-7)11(2,3)9(14-4)10(12)13/h5-6,9H,1-4H3,(H,12,13). The average Bonchev–Trinajstić information content (AvgIpc) is 2.52. The van der Waals surface area contributed by atoms with Gasteiger partial charge in [0.25, 0.3) is 0 Å². The lowest BCUT2D eigenvalue weighted by Crippen LogP contribution is -2.41. The molecule has 1 aromatic rings. The summed E-state index contributed by atoms with van der Waals surface area (Å²) in [6.07, 6.45) is -0.914. The fourth-order valence-electron chi connectivity index (χ4n) is 1.61. The van der Waals surface area contributed by atoms with E-state index < -0.39 is 17.5 Å². The summed E-state index contributed by atoms with van der Waals surface area (Å²) >= 11 is 0. The molecule has 1 rings (SSSR count). The third-order valence-corrected chi connectivity index (χ3v) is 2.49. The number of methoxy groups -OCH3 is 1. The van der Waals surface area contributed by atoms with Crippen LogP contribution >= 0.6 is 0 Å². The molecule has 0 fully saturated rings. The molecule has 1 heterocycles. The number of carboxylic acids is 1. The van der Waals surface area contributed by atoms with Gasteiger partial charge in [-0.3, -0.25) is 0 Å². The first kappa shape index (κ1) is 11.8. The number of furan rings is 1. The van der Waals surface area contributed by atoms with E-state index in [4.69, 9.17) is 14.3 Å². The Morgan fingerprint density at radius 2 is 2.13 bits per heavy atom. The van der Waals surface area contributed by atoms with E-state index in [2.05, 4.69) is 0 Å². The molecule has 0 aromatic carbocycles. The summed E-state index contributed by atoms with van der Waals surface area (Å²) in [6, 6.07) is 3.59. The molecule has 15 heavy (non-hydrogen) atoms. The van der Waals surface area contributed by atoms with E-state index in [1.165, 1.54) is 7.11 Å². The highest BCUT2D eigenvalue weighted by atomic mass is 16.5. The summed E-state index contributed by atoms with van der Waals surface area (Å²) in [5.74, 6) is 0.393. The SMILES string of the molecule is COC(C(=O)O)C(C)(C)c1ccc(C)o1. The van der Waals surface area contributed by atoms with Crippen molar-refractivity contribution in [1.29, 1.82) is 0 Å². The van der Waals surface area contributed by atoms with Crippen molar-refractivity contribution < 1.29 is 19.1 Å². The first-order chi connectivity index (χ1) is 6.89. The summed E-state index contributed by atoms with van der Waals surface area (Å²) in [4.78, 5) is 11.0. The summed E-state index contributed by atoms with van der Waals surface area (Å²) < 4.78 is 10.4. The van der Waals surface area contributed by atoms with Crippen LogP contribution in [-0.2, 0) is 14.9 Å². The van der Waals surface area contributed by atoms with Crippen LogP contribution in [0.1, 0.15) is 25.4 Å². The molecule has 0 radical (unpaired) electrons. The highest BCUT2D eigenvalue weighted by Gasteiger charge is 2.39. The maximum atomic E-state index is 11.0. The molecule has 84 valence electrons. The molecule has 1 N–H and O–H groups in total. The van der Waals surface area contributed by atoms with Gasteiger partial charge in [0.2, 0.25) is 0 Å². The average molecular weight is 212 g/mol. The van der Waals surface area contributed by atoms with Gasteiger partial charge in [0, 0.05) is 7.11 Å².